The number of ketones is 1. The molecular weight excluding hydrogens is 342 g/mol. The van der Waals surface area contributed by atoms with Gasteiger partial charge in [-0.15, -0.1) is 0 Å². The van der Waals surface area contributed by atoms with Crippen LogP contribution in [0.4, 0.5) is 5.69 Å². The van der Waals surface area contributed by atoms with Gasteiger partial charge in [-0.3, -0.25) is 14.4 Å². The first-order valence-corrected chi connectivity index (χ1v) is 9.97. The average Bonchev–Trinajstić information content (AvgIpc) is 2.60. The Morgan fingerprint density at radius 1 is 1.00 bits per heavy atom. The Balaban J connectivity index is 1.41. The summed E-state index contributed by atoms with van der Waals surface area (Å²) < 4.78 is 5.69. The molecule has 0 heterocycles. The van der Waals surface area contributed by atoms with E-state index in [1.807, 2.05) is 0 Å². The van der Waals surface area contributed by atoms with Crippen LogP contribution in [0, 0.1) is 23.2 Å². The van der Waals surface area contributed by atoms with Gasteiger partial charge in [0.05, 0.1) is 5.41 Å². The molecule has 1 atom stereocenters. The van der Waals surface area contributed by atoms with Crippen molar-refractivity contribution < 1.29 is 19.1 Å². The van der Waals surface area contributed by atoms with E-state index in [-0.39, 0.29) is 23.1 Å². The number of amides is 1. The van der Waals surface area contributed by atoms with Gasteiger partial charge < -0.3 is 10.1 Å². The number of benzene rings is 1. The van der Waals surface area contributed by atoms with E-state index in [0.29, 0.717) is 29.0 Å². The molecule has 4 fully saturated rings. The Bertz CT molecular complexity index is 732. The van der Waals surface area contributed by atoms with Gasteiger partial charge in [-0.2, -0.15) is 0 Å². The SMILES string of the molecule is CC(=O)Nc1ccc(C(=O)[C@@H](C)OC(=O)C23CC4CC(CC(C4)C2)C3)cc1. The molecule has 1 amide bonds. The van der Waals surface area contributed by atoms with Crippen molar-refractivity contribution in [1.29, 1.82) is 0 Å². The second-order valence-electron chi connectivity index (χ2n) is 8.87. The summed E-state index contributed by atoms with van der Waals surface area (Å²) in [5, 5.41) is 2.67. The number of nitrogens with one attached hydrogen (secondary N) is 1. The van der Waals surface area contributed by atoms with Crippen molar-refractivity contribution in [2.24, 2.45) is 23.2 Å². The lowest BCUT2D eigenvalue weighted by molar-refractivity contribution is -0.174. The van der Waals surface area contributed by atoms with Gasteiger partial charge in [0.25, 0.3) is 0 Å². The summed E-state index contributed by atoms with van der Waals surface area (Å²) in [5.74, 6) is 1.45. The first kappa shape index (κ1) is 18.2. The minimum absolute atomic E-state index is 0.160. The molecule has 5 heteroatoms. The van der Waals surface area contributed by atoms with Crippen LogP contribution in [-0.4, -0.2) is 23.8 Å². The van der Waals surface area contributed by atoms with E-state index in [1.165, 1.54) is 26.2 Å². The summed E-state index contributed by atoms with van der Waals surface area (Å²) in [7, 11) is 0. The Hall–Kier alpha value is -2.17. The fraction of sp³-hybridized carbons (Fsp3) is 0.591. The van der Waals surface area contributed by atoms with Crippen LogP contribution < -0.4 is 5.32 Å². The number of anilines is 1. The first-order valence-electron chi connectivity index (χ1n) is 9.97. The molecule has 4 saturated carbocycles. The molecule has 0 radical (unpaired) electrons. The smallest absolute Gasteiger partial charge is 0.312 e. The maximum atomic E-state index is 13.0. The normalized spacial score (nSPS) is 32.0. The maximum Gasteiger partial charge on any atom is 0.312 e. The number of hydrogen-bond donors (Lipinski definition) is 1. The average molecular weight is 369 g/mol. The summed E-state index contributed by atoms with van der Waals surface area (Å²) in [6, 6.07) is 6.68. The van der Waals surface area contributed by atoms with E-state index in [1.54, 1.807) is 31.2 Å². The van der Waals surface area contributed by atoms with Gasteiger partial charge in [0, 0.05) is 18.2 Å². The molecule has 0 spiro atoms. The van der Waals surface area contributed by atoms with Gasteiger partial charge in [0.15, 0.2) is 6.10 Å². The van der Waals surface area contributed by atoms with Crippen molar-refractivity contribution in [3.05, 3.63) is 29.8 Å². The third-order valence-electron chi connectivity index (χ3n) is 6.61. The molecule has 5 nitrogen and oxygen atoms in total. The van der Waals surface area contributed by atoms with Gasteiger partial charge in [-0.1, -0.05) is 0 Å². The van der Waals surface area contributed by atoms with E-state index in [0.717, 1.165) is 19.3 Å². The Kier molecular flexibility index (Phi) is 4.57. The lowest BCUT2D eigenvalue weighted by atomic mass is 9.49. The second-order valence-corrected chi connectivity index (χ2v) is 8.87. The highest BCUT2D eigenvalue weighted by Crippen LogP contribution is 2.60. The number of rotatable bonds is 5. The van der Waals surface area contributed by atoms with E-state index in [4.69, 9.17) is 4.74 Å². The highest BCUT2D eigenvalue weighted by atomic mass is 16.5. The second kappa shape index (κ2) is 6.77. The molecule has 0 aromatic heterocycles. The van der Waals surface area contributed by atoms with Gasteiger partial charge in [-0.25, -0.2) is 0 Å². The molecule has 1 aromatic carbocycles. The van der Waals surface area contributed by atoms with Crippen molar-refractivity contribution in [2.45, 2.75) is 58.5 Å². The molecular formula is C22H27NO4. The lowest BCUT2D eigenvalue weighted by Crippen LogP contribution is -2.51. The number of hydrogen-bond acceptors (Lipinski definition) is 4. The van der Waals surface area contributed by atoms with Gasteiger partial charge >= 0.3 is 5.97 Å². The number of carbonyl (C=O) groups is 3. The van der Waals surface area contributed by atoms with Crippen LogP contribution in [0.3, 0.4) is 0 Å². The highest BCUT2D eigenvalue weighted by molar-refractivity contribution is 6.01. The number of carbonyl (C=O) groups excluding carboxylic acids is 3. The van der Waals surface area contributed by atoms with Crippen LogP contribution in [0.5, 0.6) is 0 Å². The molecule has 4 aliphatic rings. The summed E-state index contributed by atoms with van der Waals surface area (Å²) >= 11 is 0. The maximum absolute atomic E-state index is 13.0. The Labute approximate surface area is 159 Å². The minimum atomic E-state index is -0.794. The fourth-order valence-electron chi connectivity index (χ4n) is 5.86. The van der Waals surface area contributed by atoms with Crippen LogP contribution >= 0.6 is 0 Å². The monoisotopic (exact) mass is 369 g/mol. The number of esters is 1. The Morgan fingerprint density at radius 2 is 1.52 bits per heavy atom. The zero-order valence-corrected chi connectivity index (χ0v) is 16.0. The van der Waals surface area contributed by atoms with Gasteiger partial charge in [-0.05, 0) is 87.5 Å². The largest absolute Gasteiger partial charge is 0.454 e. The molecule has 0 unspecified atom stereocenters. The summed E-state index contributed by atoms with van der Waals surface area (Å²) in [5.41, 5.74) is 0.769. The van der Waals surface area contributed by atoms with Crippen LogP contribution in [0.15, 0.2) is 24.3 Å². The number of ether oxygens (including phenoxy) is 1. The van der Waals surface area contributed by atoms with Crippen molar-refractivity contribution in [3.63, 3.8) is 0 Å². The van der Waals surface area contributed by atoms with E-state index >= 15 is 0 Å². The number of Topliss-reactive ketones (excluding diaryl/α,β-unsaturated/α-hetero) is 1. The zero-order valence-electron chi connectivity index (χ0n) is 16.0. The molecule has 0 saturated heterocycles. The van der Waals surface area contributed by atoms with Crippen molar-refractivity contribution >= 4 is 23.3 Å². The summed E-state index contributed by atoms with van der Waals surface area (Å²) in [6.45, 7) is 3.09. The predicted octanol–water partition coefficient (Wildman–Crippen LogP) is 3.98. The molecule has 1 aromatic rings. The molecule has 5 rings (SSSR count). The van der Waals surface area contributed by atoms with Gasteiger partial charge in [0.2, 0.25) is 11.7 Å². The molecule has 4 aliphatic carbocycles. The Morgan fingerprint density at radius 3 is 2.00 bits per heavy atom. The van der Waals surface area contributed by atoms with Crippen molar-refractivity contribution in [3.8, 4) is 0 Å². The van der Waals surface area contributed by atoms with Crippen molar-refractivity contribution in [1.82, 2.24) is 0 Å². The highest BCUT2D eigenvalue weighted by Gasteiger charge is 2.55. The molecule has 1 N–H and O–H groups in total. The lowest BCUT2D eigenvalue weighted by Gasteiger charge is -2.55. The topological polar surface area (TPSA) is 72.5 Å². The quantitative estimate of drug-likeness (QED) is 0.629. The third kappa shape index (κ3) is 3.52. The van der Waals surface area contributed by atoms with Crippen molar-refractivity contribution in [2.75, 3.05) is 5.32 Å². The van der Waals surface area contributed by atoms with E-state index < -0.39 is 6.10 Å². The van der Waals surface area contributed by atoms with Crippen LogP contribution in [0.1, 0.15) is 62.7 Å². The first-order chi connectivity index (χ1) is 12.8. The van der Waals surface area contributed by atoms with Gasteiger partial charge in [0.1, 0.15) is 0 Å². The summed E-state index contributed by atoms with van der Waals surface area (Å²) in [4.78, 5) is 36.8. The zero-order chi connectivity index (χ0) is 19.2. The third-order valence-corrected chi connectivity index (χ3v) is 6.61. The van der Waals surface area contributed by atoms with Crippen LogP contribution in [-0.2, 0) is 14.3 Å². The molecule has 27 heavy (non-hydrogen) atoms. The summed E-state index contributed by atoms with van der Waals surface area (Å²) in [6.07, 6.45) is 5.81. The minimum Gasteiger partial charge on any atom is -0.454 e. The standard InChI is InChI=1S/C22H27NO4/c1-13(20(25)18-3-5-19(6-4-18)23-14(2)24)27-21(26)22-10-15-7-16(11-22)9-17(8-15)12-22/h3-6,13,15-17H,7-12H2,1-2H3,(H,23,24)/t13-,15?,16?,17?,22?/m1/s1. The van der Waals surface area contributed by atoms with E-state index in [2.05, 4.69) is 5.32 Å². The van der Waals surface area contributed by atoms with Crippen LogP contribution in [0.25, 0.3) is 0 Å². The molecule has 4 bridgehead atoms. The molecule has 144 valence electrons. The van der Waals surface area contributed by atoms with E-state index in [9.17, 15) is 14.4 Å². The molecule has 0 aliphatic heterocycles. The van der Waals surface area contributed by atoms with Crippen LogP contribution in [0.2, 0.25) is 0 Å². The predicted molar refractivity (Wildman–Crippen MR) is 101 cm³/mol. The fourth-order valence-corrected chi connectivity index (χ4v) is 5.86.